The van der Waals surface area contributed by atoms with Crippen LogP contribution in [0, 0.1) is 0 Å². The lowest BCUT2D eigenvalue weighted by molar-refractivity contribution is -0.143. The van der Waals surface area contributed by atoms with Gasteiger partial charge in [-0.25, -0.2) is 9.18 Å². The molecule has 202 valence electrons. The highest BCUT2D eigenvalue weighted by molar-refractivity contribution is 5.92. The van der Waals surface area contributed by atoms with E-state index in [1.54, 1.807) is 4.68 Å². The molecule has 1 aromatic heterocycles. The maximum absolute atomic E-state index is 13.4. The fourth-order valence-electron chi connectivity index (χ4n) is 4.27. The number of hydrogen-bond acceptors (Lipinski definition) is 4. The predicted molar refractivity (Wildman–Crippen MR) is 114 cm³/mol. The molecule has 37 heavy (non-hydrogen) atoms. The summed E-state index contributed by atoms with van der Waals surface area (Å²) in [6.07, 6.45) is -11.0. The normalized spacial score (nSPS) is 17.4. The summed E-state index contributed by atoms with van der Waals surface area (Å²) in [5.74, 6) is -0.355. The van der Waals surface area contributed by atoms with E-state index in [2.05, 4.69) is 5.10 Å². The summed E-state index contributed by atoms with van der Waals surface area (Å²) in [6.45, 7) is 0.295. The fourth-order valence-corrected chi connectivity index (χ4v) is 4.27. The Balaban J connectivity index is 1.43. The van der Waals surface area contributed by atoms with Crippen LogP contribution in [0.1, 0.15) is 52.1 Å². The molecular formula is C23H23F7N4O3. The van der Waals surface area contributed by atoms with Crippen LogP contribution in [0.15, 0.2) is 24.3 Å². The molecular weight excluding hydrogens is 513 g/mol. The van der Waals surface area contributed by atoms with Crippen molar-refractivity contribution < 1.29 is 45.1 Å². The van der Waals surface area contributed by atoms with E-state index in [4.69, 9.17) is 4.74 Å². The average Bonchev–Trinajstić information content (AvgIpc) is 3.12. The lowest BCUT2D eigenvalue weighted by Gasteiger charge is -2.27. The van der Waals surface area contributed by atoms with Crippen LogP contribution in [0.4, 0.5) is 35.5 Å². The SMILES string of the molecule is O=C(OCc1cc(C(F)(F)F)cc(C(F)(F)F)c1)N1CCCn2nc(C(=O)N3CCC(F)CC3)cc2C1. The zero-order chi connectivity index (χ0) is 27.0. The summed E-state index contributed by atoms with van der Waals surface area (Å²) < 4.78 is 98.4. The molecule has 1 fully saturated rings. The average molecular weight is 536 g/mol. The number of aromatic nitrogens is 2. The smallest absolute Gasteiger partial charge is 0.416 e. The van der Waals surface area contributed by atoms with E-state index < -0.39 is 47.9 Å². The largest absolute Gasteiger partial charge is 0.445 e. The van der Waals surface area contributed by atoms with E-state index in [1.807, 2.05) is 0 Å². The Morgan fingerprint density at radius 1 is 0.892 bits per heavy atom. The molecule has 2 aliphatic rings. The number of rotatable bonds is 3. The van der Waals surface area contributed by atoms with Gasteiger partial charge in [0.15, 0.2) is 5.69 Å². The van der Waals surface area contributed by atoms with Crippen LogP contribution in [-0.2, 0) is 36.8 Å². The number of hydrogen-bond donors (Lipinski definition) is 0. The molecule has 3 heterocycles. The number of halogens is 7. The van der Waals surface area contributed by atoms with E-state index in [1.165, 1.54) is 15.9 Å². The molecule has 0 spiro atoms. The molecule has 1 aromatic carbocycles. The van der Waals surface area contributed by atoms with Crippen LogP contribution in [0.2, 0.25) is 0 Å². The van der Waals surface area contributed by atoms with Crippen molar-refractivity contribution in [2.24, 2.45) is 0 Å². The monoisotopic (exact) mass is 536 g/mol. The van der Waals surface area contributed by atoms with Crippen molar-refractivity contribution in [1.82, 2.24) is 19.6 Å². The van der Waals surface area contributed by atoms with Gasteiger partial charge >= 0.3 is 18.4 Å². The molecule has 2 aromatic rings. The Kier molecular flexibility index (Phi) is 7.38. The molecule has 14 heteroatoms. The van der Waals surface area contributed by atoms with E-state index in [-0.39, 0.29) is 56.7 Å². The quantitative estimate of drug-likeness (QED) is 0.516. The van der Waals surface area contributed by atoms with Crippen LogP contribution in [0.5, 0.6) is 0 Å². The number of carbonyl (C=O) groups is 2. The number of nitrogens with zero attached hydrogens (tertiary/aromatic N) is 4. The van der Waals surface area contributed by atoms with E-state index in [0.29, 0.717) is 30.8 Å². The maximum atomic E-state index is 13.4. The van der Waals surface area contributed by atoms with Crippen LogP contribution in [0.25, 0.3) is 0 Å². The molecule has 0 N–H and O–H groups in total. The summed E-state index contributed by atoms with van der Waals surface area (Å²) in [5.41, 5.74) is -2.80. The van der Waals surface area contributed by atoms with Gasteiger partial charge in [-0.3, -0.25) is 9.48 Å². The first-order valence-electron chi connectivity index (χ1n) is 11.5. The van der Waals surface area contributed by atoms with Gasteiger partial charge in [-0.15, -0.1) is 0 Å². The van der Waals surface area contributed by atoms with Crippen LogP contribution < -0.4 is 0 Å². The Morgan fingerprint density at radius 3 is 2.11 bits per heavy atom. The third-order valence-electron chi connectivity index (χ3n) is 6.21. The highest BCUT2D eigenvalue weighted by Crippen LogP contribution is 2.36. The number of benzene rings is 1. The second-order valence-electron chi connectivity index (χ2n) is 8.95. The van der Waals surface area contributed by atoms with Crippen molar-refractivity contribution >= 4 is 12.0 Å². The van der Waals surface area contributed by atoms with E-state index in [9.17, 15) is 40.3 Å². The van der Waals surface area contributed by atoms with Gasteiger partial charge in [-0.1, -0.05) is 0 Å². The molecule has 4 rings (SSSR count). The molecule has 0 saturated carbocycles. The topological polar surface area (TPSA) is 67.7 Å². The molecule has 0 unspecified atom stereocenters. The number of aryl methyl sites for hydroxylation is 1. The highest BCUT2D eigenvalue weighted by atomic mass is 19.4. The maximum Gasteiger partial charge on any atom is 0.416 e. The summed E-state index contributed by atoms with van der Waals surface area (Å²) >= 11 is 0. The van der Waals surface area contributed by atoms with Crippen molar-refractivity contribution in [2.45, 2.75) is 57.5 Å². The standard InChI is InChI=1S/C23H23F7N4O3/c24-17-2-6-32(7-3-17)20(35)19-11-18-12-33(4-1-5-34(18)31-19)21(36)37-13-14-8-15(22(25,26)27)10-16(9-14)23(28,29)30/h8-11,17H,1-7,12-13H2. The molecule has 2 aliphatic heterocycles. The van der Waals surface area contributed by atoms with Crippen LogP contribution in [0.3, 0.4) is 0 Å². The van der Waals surface area contributed by atoms with Gasteiger partial charge in [0.05, 0.1) is 23.4 Å². The first-order chi connectivity index (χ1) is 17.3. The molecule has 2 amide bonds. The van der Waals surface area contributed by atoms with E-state index >= 15 is 0 Å². The van der Waals surface area contributed by atoms with Crippen LogP contribution >= 0.6 is 0 Å². The lowest BCUT2D eigenvalue weighted by atomic mass is 10.1. The number of amides is 2. The number of piperidine rings is 1. The molecule has 0 aliphatic carbocycles. The lowest BCUT2D eigenvalue weighted by Crippen LogP contribution is -2.39. The van der Waals surface area contributed by atoms with E-state index in [0.717, 1.165) is 0 Å². The third kappa shape index (κ3) is 6.34. The fraction of sp³-hybridized carbons (Fsp3) is 0.522. The van der Waals surface area contributed by atoms with Crippen molar-refractivity contribution in [3.63, 3.8) is 0 Å². The second-order valence-corrected chi connectivity index (χ2v) is 8.95. The number of carbonyl (C=O) groups excluding carboxylic acids is 2. The Bertz CT molecular complexity index is 1120. The summed E-state index contributed by atoms with van der Waals surface area (Å²) in [5, 5.41) is 4.30. The first-order valence-corrected chi connectivity index (χ1v) is 11.5. The molecule has 0 radical (unpaired) electrons. The summed E-state index contributed by atoms with van der Waals surface area (Å²) in [4.78, 5) is 28.1. The molecule has 0 bridgehead atoms. The van der Waals surface area contributed by atoms with Crippen LogP contribution in [-0.4, -0.2) is 57.4 Å². The van der Waals surface area contributed by atoms with Gasteiger partial charge in [0.2, 0.25) is 0 Å². The van der Waals surface area contributed by atoms with Gasteiger partial charge in [-0.2, -0.15) is 31.4 Å². The van der Waals surface area contributed by atoms with Gasteiger partial charge in [0, 0.05) is 26.2 Å². The molecule has 7 nitrogen and oxygen atoms in total. The molecule has 1 saturated heterocycles. The van der Waals surface area contributed by atoms with Gasteiger partial charge in [0.25, 0.3) is 5.91 Å². The van der Waals surface area contributed by atoms with Crippen molar-refractivity contribution in [3.8, 4) is 0 Å². The predicted octanol–water partition coefficient (Wildman–Crippen LogP) is 5.04. The minimum absolute atomic E-state index is 0.0000395. The third-order valence-corrected chi connectivity index (χ3v) is 6.21. The highest BCUT2D eigenvalue weighted by Gasteiger charge is 2.37. The zero-order valence-electron chi connectivity index (χ0n) is 19.4. The zero-order valence-corrected chi connectivity index (χ0v) is 19.4. The van der Waals surface area contributed by atoms with Gasteiger partial charge < -0.3 is 14.5 Å². The summed E-state index contributed by atoms with van der Waals surface area (Å²) in [6, 6.07) is 2.52. The van der Waals surface area contributed by atoms with Gasteiger partial charge in [-0.05, 0) is 49.1 Å². The second kappa shape index (κ2) is 10.2. The molecule has 0 atom stereocenters. The minimum atomic E-state index is -5.01. The van der Waals surface area contributed by atoms with Gasteiger partial charge in [0.1, 0.15) is 12.8 Å². The first kappa shape index (κ1) is 26.7. The Hall–Kier alpha value is -3.32. The number of fused-ring (bicyclic) bond motifs is 1. The number of alkyl halides is 7. The van der Waals surface area contributed by atoms with Crippen molar-refractivity contribution in [3.05, 3.63) is 52.3 Å². The number of ether oxygens (including phenoxy) is 1. The van der Waals surface area contributed by atoms with Crippen molar-refractivity contribution in [2.75, 3.05) is 19.6 Å². The minimum Gasteiger partial charge on any atom is -0.445 e. The summed E-state index contributed by atoms with van der Waals surface area (Å²) in [7, 11) is 0. The Labute approximate surface area is 206 Å². The number of likely N-dealkylation sites (tertiary alicyclic amines) is 1. The Morgan fingerprint density at radius 2 is 1.51 bits per heavy atom. The van der Waals surface area contributed by atoms with Crippen molar-refractivity contribution in [1.29, 1.82) is 0 Å².